The van der Waals surface area contributed by atoms with Crippen molar-refractivity contribution in [3.63, 3.8) is 0 Å². The smallest absolute Gasteiger partial charge is 0.251 e. The van der Waals surface area contributed by atoms with Gasteiger partial charge in [0.05, 0.1) is 4.90 Å². The highest BCUT2D eigenvalue weighted by Gasteiger charge is 2.32. The normalized spacial score (nSPS) is 19.7. The first-order chi connectivity index (χ1) is 12.2. The number of aryl methyl sites for hydroxylation is 1. The van der Waals surface area contributed by atoms with Gasteiger partial charge in [-0.05, 0) is 62.8 Å². The number of hydrogen-bond acceptors (Lipinski definition) is 4. The SMILES string of the molecule is Cc1cc(C(=O)NC2CCN(C3CC3)CC2)cc(S(=O)(=O)N(C)C)c1C. The Bertz CT molecular complexity index is 792. The second kappa shape index (κ2) is 7.29. The topological polar surface area (TPSA) is 69.7 Å². The first kappa shape index (κ1) is 19.3. The first-order valence-electron chi connectivity index (χ1n) is 9.29. The summed E-state index contributed by atoms with van der Waals surface area (Å²) in [6.45, 7) is 5.68. The number of rotatable bonds is 5. The Kier molecular flexibility index (Phi) is 5.42. The van der Waals surface area contributed by atoms with Gasteiger partial charge in [-0.2, -0.15) is 0 Å². The Hall–Kier alpha value is -1.44. The van der Waals surface area contributed by atoms with Crippen LogP contribution in [0.2, 0.25) is 0 Å². The molecule has 0 unspecified atom stereocenters. The fourth-order valence-corrected chi connectivity index (χ4v) is 4.76. The van der Waals surface area contributed by atoms with E-state index in [2.05, 4.69) is 10.2 Å². The predicted molar refractivity (Wildman–Crippen MR) is 102 cm³/mol. The van der Waals surface area contributed by atoms with Crippen molar-refractivity contribution < 1.29 is 13.2 Å². The Morgan fingerprint density at radius 2 is 1.73 bits per heavy atom. The Morgan fingerprint density at radius 1 is 1.12 bits per heavy atom. The molecule has 0 aromatic heterocycles. The molecule has 1 amide bonds. The largest absolute Gasteiger partial charge is 0.349 e. The second-order valence-corrected chi connectivity index (χ2v) is 9.84. The molecule has 1 aliphatic heterocycles. The molecule has 1 N–H and O–H groups in total. The highest BCUT2D eigenvalue weighted by atomic mass is 32.2. The van der Waals surface area contributed by atoms with E-state index >= 15 is 0 Å². The van der Waals surface area contributed by atoms with Gasteiger partial charge in [-0.25, -0.2) is 12.7 Å². The van der Waals surface area contributed by atoms with E-state index < -0.39 is 10.0 Å². The third-order valence-electron chi connectivity index (χ3n) is 5.57. The van der Waals surface area contributed by atoms with Crippen LogP contribution in [0.5, 0.6) is 0 Å². The van der Waals surface area contributed by atoms with Crippen molar-refractivity contribution in [2.75, 3.05) is 27.2 Å². The number of nitrogens with zero attached hydrogens (tertiary/aromatic N) is 2. The molecule has 1 aliphatic carbocycles. The van der Waals surface area contributed by atoms with Gasteiger partial charge in [-0.1, -0.05) is 0 Å². The van der Waals surface area contributed by atoms with Crippen LogP contribution in [0.25, 0.3) is 0 Å². The molecule has 2 aliphatic rings. The van der Waals surface area contributed by atoms with Crippen LogP contribution in [0.4, 0.5) is 0 Å². The standard InChI is InChI=1S/C19H29N3O3S/c1-13-11-15(12-18(14(13)2)26(24,25)21(3)4)19(23)20-16-7-9-22(10-8-16)17-5-6-17/h11-12,16-17H,5-10H2,1-4H3,(H,20,23). The molecule has 0 bridgehead atoms. The van der Waals surface area contributed by atoms with Gasteiger partial charge in [0, 0.05) is 44.8 Å². The molecule has 0 atom stereocenters. The van der Waals surface area contributed by atoms with Crippen LogP contribution in [-0.2, 0) is 10.0 Å². The lowest BCUT2D eigenvalue weighted by atomic mass is 10.0. The lowest BCUT2D eigenvalue weighted by Gasteiger charge is -2.32. The number of benzene rings is 1. The van der Waals surface area contributed by atoms with Crippen molar-refractivity contribution in [2.45, 2.75) is 56.5 Å². The maximum atomic E-state index is 12.7. The van der Waals surface area contributed by atoms with Crippen LogP contribution in [0.15, 0.2) is 17.0 Å². The number of sulfonamides is 1. The molecule has 144 valence electrons. The van der Waals surface area contributed by atoms with E-state index in [4.69, 9.17) is 0 Å². The van der Waals surface area contributed by atoms with E-state index in [-0.39, 0.29) is 16.8 Å². The van der Waals surface area contributed by atoms with E-state index in [0.717, 1.165) is 37.5 Å². The van der Waals surface area contributed by atoms with Crippen LogP contribution in [-0.4, -0.2) is 62.8 Å². The van der Waals surface area contributed by atoms with Gasteiger partial charge >= 0.3 is 0 Å². The lowest BCUT2D eigenvalue weighted by Crippen LogP contribution is -2.45. The van der Waals surface area contributed by atoms with Gasteiger partial charge in [-0.3, -0.25) is 4.79 Å². The predicted octanol–water partition coefficient (Wildman–Crippen LogP) is 1.91. The maximum absolute atomic E-state index is 12.7. The molecule has 6 nitrogen and oxygen atoms in total. The van der Waals surface area contributed by atoms with Crippen LogP contribution in [0, 0.1) is 13.8 Å². The summed E-state index contributed by atoms with van der Waals surface area (Å²) < 4.78 is 26.3. The molecule has 1 saturated carbocycles. The molecule has 0 spiro atoms. The summed E-state index contributed by atoms with van der Waals surface area (Å²) in [6.07, 6.45) is 4.53. The van der Waals surface area contributed by atoms with Gasteiger partial charge < -0.3 is 10.2 Å². The van der Waals surface area contributed by atoms with E-state index in [0.29, 0.717) is 11.1 Å². The fourth-order valence-electron chi connectivity index (χ4n) is 3.54. The van der Waals surface area contributed by atoms with E-state index in [1.807, 2.05) is 6.92 Å². The zero-order chi connectivity index (χ0) is 19.1. The monoisotopic (exact) mass is 379 g/mol. The summed E-state index contributed by atoms with van der Waals surface area (Å²) >= 11 is 0. The zero-order valence-electron chi connectivity index (χ0n) is 16.1. The molecule has 1 aromatic carbocycles. The number of carbonyl (C=O) groups excluding carboxylic acids is 1. The molecule has 0 radical (unpaired) electrons. The molecule has 7 heteroatoms. The summed E-state index contributed by atoms with van der Waals surface area (Å²) in [5, 5.41) is 3.10. The van der Waals surface area contributed by atoms with Crippen molar-refractivity contribution in [3.05, 3.63) is 28.8 Å². The van der Waals surface area contributed by atoms with Crippen molar-refractivity contribution in [1.29, 1.82) is 0 Å². The number of amides is 1. The first-order valence-corrected chi connectivity index (χ1v) is 10.7. The quantitative estimate of drug-likeness (QED) is 0.848. The van der Waals surface area contributed by atoms with Crippen LogP contribution in [0.3, 0.4) is 0 Å². The van der Waals surface area contributed by atoms with Crippen LogP contribution in [0.1, 0.15) is 47.2 Å². The molecular weight excluding hydrogens is 350 g/mol. The van der Waals surface area contributed by atoms with Crippen molar-refractivity contribution >= 4 is 15.9 Å². The summed E-state index contributed by atoms with van der Waals surface area (Å²) in [5.74, 6) is -0.187. The summed E-state index contributed by atoms with van der Waals surface area (Å²) in [6, 6.07) is 4.21. The number of likely N-dealkylation sites (tertiary alicyclic amines) is 1. The minimum absolute atomic E-state index is 0.160. The number of hydrogen-bond donors (Lipinski definition) is 1. The highest BCUT2D eigenvalue weighted by Crippen LogP contribution is 2.29. The van der Waals surface area contributed by atoms with E-state index in [9.17, 15) is 13.2 Å². The zero-order valence-corrected chi connectivity index (χ0v) is 16.9. The molecular formula is C19H29N3O3S. The van der Waals surface area contributed by atoms with E-state index in [1.54, 1.807) is 13.0 Å². The molecule has 1 saturated heterocycles. The molecule has 3 rings (SSSR count). The van der Waals surface area contributed by atoms with Crippen molar-refractivity contribution in [3.8, 4) is 0 Å². The third kappa shape index (κ3) is 3.94. The molecule has 1 heterocycles. The minimum Gasteiger partial charge on any atom is -0.349 e. The van der Waals surface area contributed by atoms with Crippen molar-refractivity contribution in [2.24, 2.45) is 0 Å². The summed E-state index contributed by atoms with van der Waals surface area (Å²) in [7, 11) is -0.573. The summed E-state index contributed by atoms with van der Waals surface area (Å²) in [5.41, 5.74) is 1.91. The lowest BCUT2D eigenvalue weighted by molar-refractivity contribution is 0.0909. The van der Waals surface area contributed by atoms with E-state index in [1.165, 1.54) is 37.3 Å². The van der Waals surface area contributed by atoms with Crippen LogP contribution >= 0.6 is 0 Å². The summed E-state index contributed by atoms with van der Waals surface area (Å²) in [4.78, 5) is 15.4. The second-order valence-electron chi connectivity index (χ2n) is 7.72. The van der Waals surface area contributed by atoms with Crippen LogP contribution < -0.4 is 5.32 Å². The molecule has 26 heavy (non-hydrogen) atoms. The third-order valence-corrected chi connectivity index (χ3v) is 7.51. The van der Waals surface area contributed by atoms with Gasteiger partial charge in [0.25, 0.3) is 5.91 Å². The number of piperidine rings is 1. The average molecular weight is 380 g/mol. The highest BCUT2D eigenvalue weighted by molar-refractivity contribution is 7.89. The minimum atomic E-state index is -3.58. The van der Waals surface area contributed by atoms with Gasteiger partial charge in [0.15, 0.2) is 0 Å². The number of carbonyl (C=O) groups is 1. The van der Waals surface area contributed by atoms with Gasteiger partial charge in [0.2, 0.25) is 10.0 Å². The Morgan fingerprint density at radius 3 is 2.27 bits per heavy atom. The molecule has 1 aromatic rings. The molecule has 2 fully saturated rings. The average Bonchev–Trinajstić information content (AvgIpc) is 3.42. The maximum Gasteiger partial charge on any atom is 0.251 e. The number of nitrogens with one attached hydrogen (secondary N) is 1. The van der Waals surface area contributed by atoms with Gasteiger partial charge in [0.1, 0.15) is 0 Å². The van der Waals surface area contributed by atoms with Gasteiger partial charge in [-0.15, -0.1) is 0 Å². The Labute approximate surface area is 156 Å². The fraction of sp³-hybridized carbons (Fsp3) is 0.632. The van der Waals surface area contributed by atoms with Crippen molar-refractivity contribution in [1.82, 2.24) is 14.5 Å². The Balaban J connectivity index is 1.74.